The highest BCUT2D eigenvalue weighted by atomic mass is 16.3. The molecule has 4 bridgehead atoms. The number of phenolic OH excluding ortho intramolecular Hbond substituents is 1. The molecular weight excluding hydrogens is 354 g/mol. The Hall–Kier alpha value is -2.37. The van der Waals surface area contributed by atoms with E-state index >= 15 is 0 Å². The van der Waals surface area contributed by atoms with Crippen molar-refractivity contribution < 1.29 is 14.7 Å². The van der Waals surface area contributed by atoms with E-state index in [1.165, 1.54) is 19.3 Å². The second kappa shape index (κ2) is 7.22. The number of nitrogens with zero attached hydrogens (tertiary/aromatic N) is 1. The molecule has 150 valence electrons. The van der Waals surface area contributed by atoms with Crippen molar-refractivity contribution in [3.63, 3.8) is 0 Å². The van der Waals surface area contributed by atoms with Crippen molar-refractivity contribution in [1.82, 2.24) is 10.7 Å². The van der Waals surface area contributed by atoms with Gasteiger partial charge in [-0.05, 0) is 81.8 Å². The minimum atomic E-state index is -0.484. The number of nitrogens with one attached hydrogen (secondary N) is 2. The molecule has 5 rings (SSSR count). The molecule has 0 radical (unpaired) electrons. The smallest absolute Gasteiger partial charge is 0.275 e. The summed E-state index contributed by atoms with van der Waals surface area (Å²) in [6.07, 6.45) is 7.54. The highest BCUT2D eigenvalue weighted by Gasteiger charge is 2.51. The molecule has 1 aromatic rings. The number of hydrazone groups is 1. The van der Waals surface area contributed by atoms with Crippen molar-refractivity contribution in [1.29, 1.82) is 0 Å². The zero-order chi connectivity index (χ0) is 19.9. The molecule has 4 aliphatic rings. The average Bonchev–Trinajstić information content (AvgIpc) is 2.60. The van der Waals surface area contributed by atoms with Crippen molar-refractivity contribution in [2.45, 2.75) is 64.3 Å². The van der Waals surface area contributed by atoms with Gasteiger partial charge in [0.05, 0.1) is 12.0 Å². The van der Waals surface area contributed by atoms with E-state index in [4.69, 9.17) is 0 Å². The zero-order valence-corrected chi connectivity index (χ0v) is 16.6. The van der Waals surface area contributed by atoms with Crippen molar-refractivity contribution in [3.05, 3.63) is 29.3 Å². The van der Waals surface area contributed by atoms with E-state index in [1.807, 2.05) is 0 Å². The average molecular weight is 383 g/mol. The van der Waals surface area contributed by atoms with Crippen LogP contribution in [0, 0.1) is 24.7 Å². The van der Waals surface area contributed by atoms with E-state index in [0.29, 0.717) is 11.3 Å². The lowest BCUT2D eigenvalue weighted by molar-refractivity contribution is -0.125. The third-order valence-electron chi connectivity index (χ3n) is 6.69. The number of phenols is 1. The van der Waals surface area contributed by atoms with E-state index in [-0.39, 0.29) is 29.2 Å². The van der Waals surface area contributed by atoms with Gasteiger partial charge in [0.2, 0.25) is 5.91 Å². The number of para-hydroxylation sites is 1. The first-order valence-electron chi connectivity index (χ1n) is 10.3. The fourth-order valence-electron chi connectivity index (χ4n) is 5.92. The maximum absolute atomic E-state index is 12.6. The van der Waals surface area contributed by atoms with Crippen molar-refractivity contribution in [3.8, 4) is 5.75 Å². The van der Waals surface area contributed by atoms with Gasteiger partial charge in [0, 0.05) is 11.3 Å². The summed E-state index contributed by atoms with van der Waals surface area (Å²) >= 11 is 0. The lowest BCUT2D eigenvalue weighted by Gasteiger charge is -2.56. The maximum Gasteiger partial charge on any atom is 0.275 e. The Morgan fingerprint density at radius 3 is 2.36 bits per heavy atom. The molecule has 0 unspecified atom stereocenters. The first kappa shape index (κ1) is 19.0. The molecule has 3 N–H and O–H groups in total. The van der Waals surface area contributed by atoms with Crippen LogP contribution < -0.4 is 10.7 Å². The molecule has 0 spiro atoms. The molecule has 0 aliphatic heterocycles. The molecule has 4 aliphatic carbocycles. The monoisotopic (exact) mass is 383 g/mol. The zero-order valence-electron chi connectivity index (χ0n) is 16.6. The normalized spacial score (nSPS) is 30.9. The summed E-state index contributed by atoms with van der Waals surface area (Å²) < 4.78 is 0. The van der Waals surface area contributed by atoms with Gasteiger partial charge in [-0.15, -0.1) is 0 Å². The lowest BCUT2D eigenvalue weighted by Crippen LogP contribution is -2.60. The first-order valence-corrected chi connectivity index (χ1v) is 10.3. The fourth-order valence-corrected chi connectivity index (χ4v) is 5.92. The molecular formula is C22H29N3O3. The van der Waals surface area contributed by atoms with Gasteiger partial charge in [-0.3, -0.25) is 9.59 Å². The summed E-state index contributed by atoms with van der Waals surface area (Å²) in [5.41, 5.74) is 3.78. The third kappa shape index (κ3) is 3.77. The molecule has 0 atom stereocenters. The van der Waals surface area contributed by atoms with Crippen LogP contribution in [-0.4, -0.2) is 28.2 Å². The van der Waals surface area contributed by atoms with Gasteiger partial charge in [-0.25, -0.2) is 5.43 Å². The van der Waals surface area contributed by atoms with Crippen LogP contribution in [0.15, 0.2) is 23.3 Å². The summed E-state index contributed by atoms with van der Waals surface area (Å²) in [6, 6.07) is 4.98. The topological polar surface area (TPSA) is 90.8 Å². The summed E-state index contributed by atoms with van der Waals surface area (Å²) in [7, 11) is 0. The van der Waals surface area contributed by atoms with Gasteiger partial charge in [0.25, 0.3) is 5.91 Å². The van der Waals surface area contributed by atoms with Crippen molar-refractivity contribution in [2.75, 3.05) is 0 Å². The molecule has 2 amide bonds. The number of hydrogen-bond donors (Lipinski definition) is 3. The van der Waals surface area contributed by atoms with Gasteiger partial charge in [-0.2, -0.15) is 5.10 Å². The molecule has 6 nitrogen and oxygen atoms in total. The van der Waals surface area contributed by atoms with Crippen molar-refractivity contribution >= 4 is 17.5 Å². The summed E-state index contributed by atoms with van der Waals surface area (Å²) in [6.45, 7) is 3.46. The maximum atomic E-state index is 12.6. The third-order valence-corrected chi connectivity index (χ3v) is 6.69. The highest BCUT2D eigenvalue weighted by Crippen LogP contribution is 2.55. The van der Waals surface area contributed by atoms with E-state index in [0.717, 1.165) is 37.0 Å². The Morgan fingerprint density at radius 2 is 1.75 bits per heavy atom. The summed E-state index contributed by atoms with van der Waals surface area (Å²) in [4.78, 5) is 24.8. The second-order valence-electron chi connectivity index (χ2n) is 9.18. The van der Waals surface area contributed by atoms with Gasteiger partial charge in [0.1, 0.15) is 5.75 Å². The minimum absolute atomic E-state index is 0.0112. The first-order chi connectivity index (χ1) is 13.3. The molecule has 1 aromatic carbocycles. The number of carbonyl (C=O) groups is 2. The molecule has 28 heavy (non-hydrogen) atoms. The van der Waals surface area contributed by atoms with Crippen LogP contribution in [0.3, 0.4) is 0 Å². The summed E-state index contributed by atoms with van der Waals surface area (Å²) in [5.74, 6) is 1.79. The SMILES string of the molecule is C/C(CC(=O)NC12CC3CC(CC(C3)C1)C2)=N/NC(=O)c1cccc(C)c1O. The molecule has 0 saturated heterocycles. The minimum Gasteiger partial charge on any atom is -0.507 e. The van der Waals surface area contributed by atoms with Gasteiger partial charge < -0.3 is 10.4 Å². The molecule has 4 fully saturated rings. The van der Waals surface area contributed by atoms with E-state index in [2.05, 4.69) is 15.8 Å². The largest absolute Gasteiger partial charge is 0.507 e. The molecule has 6 heteroatoms. The number of rotatable bonds is 5. The molecule has 0 heterocycles. The van der Waals surface area contributed by atoms with Crippen molar-refractivity contribution in [2.24, 2.45) is 22.9 Å². The predicted octanol–water partition coefficient (Wildman–Crippen LogP) is 3.28. The number of hydrogen-bond acceptors (Lipinski definition) is 4. The lowest BCUT2D eigenvalue weighted by atomic mass is 9.53. The van der Waals surface area contributed by atoms with Crippen LogP contribution in [0.4, 0.5) is 0 Å². The molecule has 4 saturated carbocycles. The Labute approximate surface area is 165 Å². The number of benzene rings is 1. The fraction of sp³-hybridized carbons (Fsp3) is 0.591. The van der Waals surface area contributed by atoms with Crippen LogP contribution in [0.25, 0.3) is 0 Å². The highest BCUT2D eigenvalue weighted by molar-refractivity contribution is 6.02. The summed E-state index contributed by atoms with van der Waals surface area (Å²) in [5, 5.41) is 17.4. The van der Waals surface area contributed by atoms with Gasteiger partial charge in [-0.1, -0.05) is 12.1 Å². The second-order valence-corrected chi connectivity index (χ2v) is 9.18. The van der Waals surface area contributed by atoms with Crippen LogP contribution in [0.2, 0.25) is 0 Å². The van der Waals surface area contributed by atoms with Gasteiger partial charge in [0.15, 0.2) is 0 Å². The van der Waals surface area contributed by atoms with Crippen LogP contribution in [-0.2, 0) is 4.79 Å². The van der Waals surface area contributed by atoms with E-state index < -0.39 is 5.91 Å². The van der Waals surface area contributed by atoms with Crippen LogP contribution >= 0.6 is 0 Å². The quantitative estimate of drug-likeness (QED) is 0.538. The Morgan fingerprint density at radius 1 is 1.14 bits per heavy atom. The van der Waals surface area contributed by atoms with E-state index in [9.17, 15) is 14.7 Å². The van der Waals surface area contributed by atoms with E-state index in [1.54, 1.807) is 32.0 Å². The van der Waals surface area contributed by atoms with Crippen LogP contribution in [0.5, 0.6) is 5.75 Å². The number of amides is 2. The standard InChI is InChI=1S/C22H29N3O3/c1-13-4-3-5-18(20(13)27)21(28)25-24-14(2)6-19(26)23-22-10-15-7-16(11-22)9-17(8-15)12-22/h3-5,15-17,27H,6-12H2,1-2H3,(H,23,26)(H,25,28)/b24-14-. The Bertz CT molecular complexity index is 795. The predicted molar refractivity (Wildman–Crippen MR) is 107 cm³/mol. The van der Waals surface area contributed by atoms with Crippen LogP contribution in [0.1, 0.15) is 67.8 Å². The number of aryl methyl sites for hydroxylation is 1. The number of aromatic hydroxyl groups is 1. The van der Waals surface area contributed by atoms with Gasteiger partial charge >= 0.3 is 0 Å². The number of carbonyl (C=O) groups excluding carboxylic acids is 2. The Balaban J connectivity index is 1.33. The molecule has 0 aromatic heterocycles. The Kier molecular flexibility index (Phi) is 4.89.